The van der Waals surface area contributed by atoms with Gasteiger partial charge in [0.05, 0.1) is 19.1 Å². The third-order valence-electron chi connectivity index (χ3n) is 2.96. The van der Waals surface area contributed by atoms with Crippen LogP contribution in [0.25, 0.3) is 0 Å². The van der Waals surface area contributed by atoms with Crippen molar-refractivity contribution in [1.82, 2.24) is 0 Å². The molecule has 0 aliphatic rings. The molecular formula is C16H20ClNO5. The molecule has 6 nitrogen and oxygen atoms in total. The van der Waals surface area contributed by atoms with E-state index in [1.165, 1.54) is 14.0 Å². The number of nitrogens with zero attached hydrogens (tertiary/aromatic N) is 1. The summed E-state index contributed by atoms with van der Waals surface area (Å²) in [7, 11) is 1.50. The standard InChI is InChI=1S/C16H20ClNO5/c1-4-22-16(20)14(10-21-3)12-7-5-6-8-13(12)15(9-17)18-23-11(2)19/h5-8,14H,4,9-10H2,1-3H3/b18-15-. The Morgan fingerprint density at radius 1 is 1.30 bits per heavy atom. The molecule has 0 N–H and O–H groups in total. The molecule has 0 aromatic heterocycles. The van der Waals surface area contributed by atoms with Crippen molar-refractivity contribution in [3.05, 3.63) is 35.4 Å². The first-order valence-corrected chi connectivity index (χ1v) is 7.63. The highest BCUT2D eigenvalue weighted by atomic mass is 35.5. The molecule has 0 saturated carbocycles. The van der Waals surface area contributed by atoms with Crippen LogP contribution >= 0.6 is 11.6 Å². The topological polar surface area (TPSA) is 74.2 Å². The Bertz CT molecular complexity index is 573. The van der Waals surface area contributed by atoms with Crippen molar-refractivity contribution < 1.29 is 23.9 Å². The fraction of sp³-hybridized carbons (Fsp3) is 0.438. The number of halogens is 1. The van der Waals surface area contributed by atoms with Crippen LogP contribution in [-0.4, -0.2) is 43.9 Å². The van der Waals surface area contributed by atoms with E-state index in [1.54, 1.807) is 31.2 Å². The van der Waals surface area contributed by atoms with E-state index >= 15 is 0 Å². The highest BCUT2D eigenvalue weighted by Gasteiger charge is 2.26. The largest absolute Gasteiger partial charge is 0.465 e. The van der Waals surface area contributed by atoms with E-state index < -0.39 is 17.9 Å². The van der Waals surface area contributed by atoms with Gasteiger partial charge in [-0.15, -0.1) is 11.6 Å². The second-order valence-electron chi connectivity index (χ2n) is 4.60. The van der Waals surface area contributed by atoms with Crippen molar-refractivity contribution in [3.8, 4) is 0 Å². The van der Waals surface area contributed by atoms with Crippen molar-refractivity contribution in [2.45, 2.75) is 19.8 Å². The number of ether oxygens (including phenoxy) is 2. The van der Waals surface area contributed by atoms with Crippen LogP contribution in [0, 0.1) is 0 Å². The molecule has 0 fully saturated rings. The summed E-state index contributed by atoms with van der Waals surface area (Å²) >= 11 is 5.91. The lowest BCUT2D eigenvalue weighted by Crippen LogP contribution is -2.23. The number of carbonyl (C=O) groups excluding carboxylic acids is 2. The van der Waals surface area contributed by atoms with Gasteiger partial charge in [-0.3, -0.25) is 4.79 Å². The first-order chi connectivity index (χ1) is 11.0. The van der Waals surface area contributed by atoms with Crippen molar-refractivity contribution in [2.24, 2.45) is 5.16 Å². The fourth-order valence-corrected chi connectivity index (χ4v) is 2.22. The van der Waals surface area contributed by atoms with Crippen LogP contribution < -0.4 is 0 Å². The number of benzene rings is 1. The SMILES string of the molecule is CCOC(=O)C(COC)c1ccccc1/C(CCl)=N\OC(C)=O. The summed E-state index contributed by atoms with van der Waals surface area (Å²) in [4.78, 5) is 27.8. The van der Waals surface area contributed by atoms with E-state index in [1.807, 2.05) is 0 Å². The molecule has 1 atom stereocenters. The second-order valence-corrected chi connectivity index (χ2v) is 4.87. The number of carbonyl (C=O) groups is 2. The van der Waals surface area contributed by atoms with Gasteiger partial charge in [-0.1, -0.05) is 29.4 Å². The maximum absolute atomic E-state index is 12.2. The van der Waals surface area contributed by atoms with Crippen LogP contribution in [-0.2, 0) is 23.9 Å². The highest BCUT2D eigenvalue weighted by Crippen LogP contribution is 2.23. The van der Waals surface area contributed by atoms with Crippen molar-refractivity contribution >= 4 is 29.3 Å². The smallest absolute Gasteiger partial charge is 0.331 e. The first kappa shape index (κ1) is 19.1. The van der Waals surface area contributed by atoms with Gasteiger partial charge in [0.25, 0.3) is 0 Å². The quantitative estimate of drug-likeness (QED) is 0.239. The number of oxime groups is 1. The number of methoxy groups -OCH3 is 1. The van der Waals surface area contributed by atoms with E-state index in [4.69, 9.17) is 21.1 Å². The summed E-state index contributed by atoms with van der Waals surface area (Å²) < 4.78 is 10.2. The first-order valence-electron chi connectivity index (χ1n) is 7.10. The second kappa shape index (κ2) is 9.97. The lowest BCUT2D eigenvalue weighted by Gasteiger charge is -2.18. The highest BCUT2D eigenvalue weighted by molar-refractivity contribution is 6.32. The Morgan fingerprint density at radius 2 is 2.00 bits per heavy atom. The molecule has 0 saturated heterocycles. The number of hydrogen-bond donors (Lipinski definition) is 0. The maximum Gasteiger partial charge on any atom is 0.331 e. The van der Waals surface area contributed by atoms with Crippen LogP contribution in [0.2, 0.25) is 0 Å². The maximum atomic E-state index is 12.2. The Labute approximate surface area is 140 Å². The lowest BCUT2D eigenvalue weighted by molar-refractivity contribution is -0.146. The molecule has 1 unspecified atom stereocenters. The van der Waals surface area contributed by atoms with E-state index in [9.17, 15) is 9.59 Å². The van der Waals surface area contributed by atoms with Crippen LogP contribution in [0.15, 0.2) is 29.4 Å². The van der Waals surface area contributed by atoms with Gasteiger partial charge in [0.15, 0.2) is 0 Å². The Hall–Kier alpha value is -1.92. The zero-order valence-corrected chi connectivity index (χ0v) is 14.1. The van der Waals surface area contributed by atoms with Crippen molar-refractivity contribution in [2.75, 3.05) is 26.2 Å². The molecule has 1 aromatic rings. The molecule has 0 radical (unpaired) electrons. The molecule has 0 spiro atoms. The minimum absolute atomic E-state index is 0.0207. The Morgan fingerprint density at radius 3 is 2.57 bits per heavy atom. The van der Waals surface area contributed by atoms with Gasteiger partial charge < -0.3 is 14.3 Å². The van der Waals surface area contributed by atoms with E-state index in [0.29, 0.717) is 16.8 Å². The van der Waals surface area contributed by atoms with Gasteiger partial charge in [-0.25, -0.2) is 4.79 Å². The summed E-state index contributed by atoms with van der Waals surface area (Å²) in [6, 6.07) is 7.09. The molecule has 7 heteroatoms. The zero-order chi connectivity index (χ0) is 17.2. The molecule has 23 heavy (non-hydrogen) atoms. The van der Waals surface area contributed by atoms with Gasteiger partial charge in [0.2, 0.25) is 0 Å². The number of alkyl halides is 1. The van der Waals surface area contributed by atoms with Crippen LogP contribution in [0.3, 0.4) is 0 Å². The van der Waals surface area contributed by atoms with Crippen molar-refractivity contribution in [3.63, 3.8) is 0 Å². The average Bonchev–Trinajstić information content (AvgIpc) is 2.53. The minimum Gasteiger partial charge on any atom is -0.465 e. The molecule has 0 heterocycles. The molecule has 0 bridgehead atoms. The zero-order valence-electron chi connectivity index (χ0n) is 13.4. The molecule has 1 rings (SSSR count). The third-order valence-corrected chi connectivity index (χ3v) is 3.22. The van der Waals surface area contributed by atoms with E-state index in [-0.39, 0.29) is 19.1 Å². The molecule has 0 aliphatic carbocycles. The Kier molecular flexibility index (Phi) is 8.29. The van der Waals surface area contributed by atoms with Gasteiger partial charge in [-0.05, 0) is 12.5 Å². The number of hydrogen-bond acceptors (Lipinski definition) is 6. The normalized spacial score (nSPS) is 12.6. The number of esters is 1. The van der Waals surface area contributed by atoms with E-state index in [2.05, 4.69) is 9.99 Å². The fourth-order valence-electron chi connectivity index (χ4n) is 2.02. The predicted molar refractivity (Wildman–Crippen MR) is 86.7 cm³/mol. The van der Waals surface area contributed by atoms with E-state index in [0.717, 1.165) is 0 Å². The summed E-state index contributed by atoms with van der Waals surface area (Å²) in [6.45, 7) is 3.40. The van der Waals surface area contributed by atoms with Crippen LogP contribution in [0.5, 0.6) is 0 Å². The van der Waals surface area contributed by atoms with Gasteiger partial charge in [0.1, 0.15) is 11.6 Å². The molecule has 1 aromatic carbocycles. The van der Waals surface area contributed by atoms with Crippen LogP contribution in [0.1, 0.15) is 30.9 Å². The third kappa shape index (κ3) is 5.65. The molecular weight excluding hydrogens is 322 g/mol. The summed E-state index contributed by atoms with van der Waals surface area (Å²) in [5, 5.41) is 3.76. The predicted octanol–water partition coefficient (Wildman–Crippen LogP) is 2.49. The minimum atomic E-state index is -0.623. The van der Waals surface area contributed by atoms with Gasteiger partial charge in [-0.2, -0.15) is 0 Å². The molecule has 0 aliphatic heterocycles. The Balaban J connectivity index is 3.27. The van der Waals surface area contributed by atoms with Gasteiger partial charge in [0, 0.05) is 19.6 Å². The monoisotopic (exact) mass is 341 g/mol. The average molecular weight is 342 g/mol. The lowest BCUT2D eigenvalue weighted by atomic mass is 9.92. The van der Waals surface area contributed by atoms with Crippen molar-refractivity contribution in [1.29, 1.82) is 0 Å². The molecule has 0 amide bonds. The molecule has 126 valence electrons. The van der Waals surface area contributed by atoms with Gasteiger partial charge >= 0.3 is 11.9 Å². The summed E-state index contributed by atoms with van der Waals surface area (Å²) in [5.74, 6) is -1.55. The summed E-state index contributed by atoms with van der Waals surface area (Å²) in [5.41, 5.74) is 1.61. The summed E-state index contributed by atoms with van der Waals surface area (Å²) in [6.07, 6.45) is 0. The van der Waals surface area contributed by atoms with Crippen LogP contribution in [0.4, 0.5) is 0 Å². The number of rotatable bonds is 8.